The maximum Gasteiger partial charge on any atom is 0.271 e. The molecule has 212 valence electrons. The van der Waals surface area contributed by atoms with Crippen molar-refractivity contribution in [3.05, 3.63) is 105 Å². The first-order valence-electron chi connectivity index (χ1n) is 12.5. The van der Waals surface area contributed by atoms with Crippen LogP contribution >= 0.6 is 11.6 Å². The summed E-state index contributed by atoms with van der Waals surface area (Å²) in [5, 5.41) is 14.7. The van der Waals surface area contributed by atoms with Crippen LogP contribution in [0.15, 0.2) is 78.9 Å². The zero-order chi connectivity index (χ0) is 29.4. The molecule has 0 saturated carbocycles. The molecule has 0 spiro atoms. The van der Waals surface area contributed by atoms with Crippen molar-refractivity contribution in [1.29, 1.82) is 0 Å². The fraction of sp³-hybridized carbons (Fsp3) is 0.286. The molecular weight excluding hydrogens is 556 g/mol. The van der Waals surface area contributed by atoms with Crippen LogP contribution in [0.4, 0.5) is 11.4 Å². The Balaban J connectivity index is 2.07. The first-order valence-corrected chi connectivity index (χ1v) is 14.7. The second-order valence-electron chi connectivity index (χ2n) is 9.56. The summed E-state index contributed by atoms with van der Waals surface area (Å²) in [7, 11) is -4.05. The quantitative estimate of drug-likeness (QED) is 0.250. The number of halogens is 1. The lowest BCUT2D eigenvalue weighted by atomic mass is 10.0. The third-order valence-corrected chi connectivity index (χ3v) is 7.37. The number of carbonyl (C=O) groups is 2. The first kappa shape index (κ1) is 30.6. The fourth-order valence-electron chi connectivity index (χ4n) is 4.10. The molecule has 40 heavy (non-hydrogen) atoms. The van der Waals surface area contributed by atoms with Crippen molar-refractivity contribution in [3.8, 4) is 0 Å². The summed E-state index contributed by atoms with van der Waals surface area (Å²) in [6.45, 7) is 2.92. The molecule has 1 N–H and O–H groups in total. The van der Waals surface area contributed by atoms with Crippen molar-refractivity contribution in [2.24, 2.45) is 0 Å². The Morgan fingerprint density at radius 1 is 0.975 bits per heavy atom. The number of nitrogens with zero attached hydrogens (tertiary/aromatic N) is 3. The number of carbonyl (C=O) groups excluding carboxylic acids is 2. The van der Waals surface area contributed by atoms with E-state index in [0.29, 0.717) is 10.6 Å². The van der Waals surface area contributed by atoms with Crippen LogP contribution in [-0.2, 0) is 32.6 Å². The van der Waals surface area contributed by atoms with Crippen molar-refractivity contribution >= 4 is 44.8 Å². The monoisotopic (exact) mass is 586 g/mol. The number of nitrogens with one attached hydrogen (secondary N) is 1. The van der Waals surface area contributed by atoms with Gasteiger partial charge in [0.05, 0.1) is 16.9 Å². The Kier molecular flexibility index (Phi) is 10.2. The molecule has 3 aromatic rings. The zero-order valence-corrected chi connectivity index (χ0v) is 23.9. The molecule has 0 saturated heterocycles. The smallest absolute Gasteiger partial charge is 0.271 e. The van der Waals surface area contributed by atoms with Crippen LogP contribution in [-0.4, -0.2) is 54.9 Å². The van der Waals surface area contributed by atoms with E-state index in [1.165, 1.54) is 23.1 Å². The van der Waals surface area contributed by atoms with Gasteiger partial charge in [0, 0.05) is 36.2 Å². The highest BCUT2D eigenvalue weighted by atomic mass is 35.5. The van der Waals surface area contributed by atoms with Gasteiger partial charge in [-0.2, -0.15) is 0 Å². The van der Waals surface area contributed by atoms with E-state index in [1.54, 1.807) is 38.1 Å². The molecule has 0 aliphatic heterocycles. The van der Waals surface area contributed by atoms with Gasteiger partial charge in [-0.25, -0.2) is 8.42 Å². The molecular formula is C28H31ClN4O6S. The Hall–Kier alpha value is -3.96. The summed E-state index contributed by atoms with van der Waals surface area (Å²) in [4.78, 5) is 39.5. The highest BCUT2D eigenvalue weighted by Gasteiger charge is 2.33. The van der Waals surface area contributed by atoms with Crippen LogP contribution in [0.3, 0.4) is 0 Å². The number of sulfonamides is 1. The van der Waals surface area contributed by atoms with E-state index < -0.39 is 39.3 Å². The Bertz CT molecular complexity index is 1450. The minimum absolute atomic E-state index is 0.00838. The lowest BCUT2D eigenvalue weighted by molar-refractivity contribution is -0.384. The zero-order valence-electron chi connectivity index (χ0n) is 22.4. The number of anilines is 1. The van der Waals surface area contributed by atoms with Gasteiger partial charge in [0.15, 0.2) is 0 Å². The largest absolute Gasteiger partial charge is 0.352 e. The highest BCUT2D eigenvalue weighted by molar-refractivity contribution is 7.92. The van der Waals surface area contributed by atoms with Crippen molar-refractivity contribution in [2.45, 2.75) is 38.9 Å². The average molecular weight is 587 g/mol. The topological polar surface area (TPSA) is 130 Å². The normalized spacial score (nSPS) is 12.0. The first-order chi connectivity index (χ1) is 18.8. The summed E-state index contributed by atoms with van der Waals surface area (Å²) in [6.07, 6.45) is 1.09. The Morgan fingerprint density at radius 3 is 2.20 bits per heavy atom. The predicted octanol–water partition coefficient (Wildman–Crippen LogP) is 4.18. The molecule has 1 atom stereocenters. The minimum atomic E-state index is -4.05. The number of hydrogen-bond donors (Lipinski definition) is 1. The van der Waals surface area contributed by atoms with Crippen LogP contribution in [0.25, 0.3) is 0 Å². The molecule has 10 nitrogen and oxygen atoms in total. The van der Waals surface area contributed by atoms with Crippen LogP contribution in [0.5, 0.6) is 0 Å². The number of hydrogen-bond acceptors (Lipinski definition) is 6. The number of benzene rings is 3. The van der Waals surface area contributed by atoms with E-state index in [2.05, 4.69) is 5.32 Å². The number of nitro benzene ring substituents is 1. The maximum absolute atomic E-state index is 14.0. The van der Waals surface area contributed by atoms with Gasteiger partial charge >= 0.3 is 0 Å². The summed E-state index contributed by atoms with van der Waals surface area (Å²) in [5.74, 6) is -1.06. The third-order valence-electron chi connectivity index (χ3n) is 5.98. The van der Waals surface area contributed by atoms with E-state index in [4.69, 9.17) is 11.6 Å². The molecule has 12 heteroatoms. The molecule has 0 aliphatic carbocycles. The van der Waals surface area contributed by atoms with Gasteiger partial charge < -0.3 is 10.2 Å². The maximum atomic E-state index is 14.0. The van der Waals surface area contributed by atoms with Crippen molar-refractivity contribution < 1.29 is 22.9 Å². The van der Waals surface area contributed by atoms with Gasteiger partial charge in [-0.15, -0.1) is 0 Å². The van der Waals surface area contributed by atoms with Gasteiger partial charge in [-0.05, 0) is 43.2 Å². The summed E-state index contributed by atoms with van der Waals surface area (Å²) in [6, 6.07) is 19.8. The molecule has 0 radical (unpaired) electrons. The predicted molar refractivity (Wildman–Crippen MR) is 155 cm³/mol. The van der Waals surface area contributed by atoms with Gasteiger partial charge in [-0.3, -0.25) is 24.0 Å². The molecule has 0 fully saturated rings. The number of rotatable bonds is 12. The molecule has 2 amide bonds. The Labute approximate surface area is 238 Å². The van der Waals surface area contributed by atoms with Gasteiger partial charge in [-0.1, -0.05) is 60.1 Å². The van der Waals surface area contributed by atoms with Crippen LogP contribution < -0.4 is 9.62 Å². The SMILES string of the molecule is CC(C)NC(=O)C(Cc1ccccc1)N(Cc1ccc(Cl)cc1)C(=O)CN(c1cccc([N+](=O)[O-])c1)S(C)(=O)=O. The lowest BCUT2D eigenvalue weighted by Crippen LogP contribution is -2.54. The average Bonchev–Trinajstić information content (AvgIpc) is 2.89. The number of amides is 2. The third kappa shape index (κ3) is 8.52. The summed E-state index contributed by atoms with van der Waals surface area (Å²) in [5.41, 5.74) is 1.12. The van der Waals surface area contributed by atoms with Crippen LogP contribution in [0.2, 0.25) is 5.02 Å². The Morgan fingerprint density at radius 2 is 1.62 bits per heavy atom. The van der Waals surface area contributed by atoms with Crippen molar-refractivity contribution in [1.82, 2.24) is 10.2 Å². The number of nitro groups is 1. The second-order valence-corrected chi connectivity index (χ2v) is 11.9. The fourth-order valence-corrected chi connectivity index (χ4v) is 5.06. The molecule has 1 unspecified atom stereocenters. The van der Waals surface area contributed by atoms with Crippen LogP contribution in [0.1, 0.15) is 25.0 Å². The summed E-state index contributed by atoms with van der Waals surface area (Å²) >= 11 is 6.04. The number of non-ortho nitro benzene ring substituents is 1. The molecule has 3 aromatic carbocycles. The molecule has 0 aliphatic rings. The molecule has 0 bridgehead atoms. The van der Waals surface area contributed by atoms with Crippen molar-refractivity contribution in [3.63, 3.8) is 0 Å². The van der Waals surface area contributed by atoms with E-state index >= 15 is 0 Å². The van der Waals surface area contributed by atoms with Crippen molar-refractivity contribution in [2.75, 3.05) is 17.1 Å². The standard InChI is InChI=1S/C28H31ClN4O6S/c1-20(2)30-28(35)26(16-21-8-5-4-6-9-21)31(18-22-12-14-23(29)15-13-22)27(34)19-32(40(3,38)39)24-10-7-11-25(17-24)33(36)37/h4-15,17,20,26H,16,18-19H2,1-3H3,(H,30,35). The minimum Gasteiger partial charge on any atom is -0.352 e. The molecule has 0 heterocycles. The second kappa shape index (κ2) is 13.4. The van der Waals surface area contributed by atoms with E-state index in [0.717, 1.165) is 22.2 Å². The lowest BCUT2D eigenvalue weighted by Gasteiger charge is -2.34. The molecule has 3 rings (SSSR count). The van der Waals surface area contributed by atoms with E-state index in [9.17, 15) is 28.1 Å². The van der Waals surface area contributed by atoms with E-state index in [1.807, 2.05) is 30.3 Å². The highest BCUT2D eigenvalue weighted by Crippen LogP contribution is 2.24. The van der Waals surface area contributed by atoms with Gasteiger partial charge in [0.2, 0.25) is 21.8 Å². The van der Waals surface area contributed by atoms with E-state index in [-0.39, 0.29) is 30.4 Å². The molecule has 0 aromatic heterocycles. The van der Waals surface area contributed by atoms with Crippen LogP contribution in [0, 0.1) is 10.1 Å². The summed E-state index contributed by atoms with van der Waals surface area (Å²) < 4.78 is 26.4. The van der Waals surface area contributed by atoms with Gasteiger partial charge in [0.25, 0.3) is 5.69 Å². The van der Waals surface area contributed by atoms with Gasteiger partial charge in [0.1, 0.15) is 12.6 Å².